The smallest absolute Gasteiger partial charge is 0.230 e. The molecule has 1 aliphatic carbocycles. The van der Waals surface area contributed by atoms with Gasteiger partial charge in [-0.05, 0) is 37.0 Å². The van der Waals surface area contributed by atoms with Crippen LogP contribution < -0.4 is 15.4 Å². The highest BCUT2D eigenvalue weighted by molar-refractivity contribution is 5.89. The van der Waals surface area contributed by atoms with E-state index in [2.05, 4.69) is 22.8 Å². The molecule has 0 bridgehead atoms. The van der Waals surface area contributed by atoms with Crippen LogP contribution in [0.2, 0.25) is 0 Å². The van der Waals surface area contributed by atoms with Crippen LogP contribution in [0.25, 0.3) is 0 Å². The summed E-state index contributed by atoms with van der Waals surface area (Å²) < 4.78 is 5.41. The normalized spacial score (nSPS) is 19.4. The third kappa shape index (κ3) is 2.95. The molecule has 2 aliphatic rings. The molecule has 0 unspecified atom stereocenters. The minimum Gasteiger partial charge on any atom is -0.496 e. The predicted octanol–water partition coefficient (Wildman–Crippen LogP) is 2.18. The summed E-state index contributed by atoms with van der Waals surface area (Å²) in [6.45, 7) is 4.85. The molecule has 2 fully saturated rings. The van der Waals surface area contributed by atoms with Crippen molar-refractivity contribution in [1.82, 2.24) is 10.6 Å². The Morgan fingerprint density at radius 2 is 2.14 bits per heavy atom. The van der Waals surface area contributed by atoms with Gasteiger partial charge in [-0.1, -0.05) is 18.6 Å². The lowest BCUT2D eigenvalue weighted by Crippen LogP contribution is -2.54. The molecule has 4 nitrogen and oxygen atoms in total. The van der Waals surface area contributed by atoms with Gasteiger partial charge in [0.05, 0.1) is 12.5 Å². The summed E-state index contributed by atoms with van der Waals surface area (Å²) in [5, 5.41) is 6.40. The molecule has 122 valence electrons. The van der Waals surface area contributed by atoms with Gasteiger partial charge in [-0.15, -0.1) is 12.4 Å². The predicted molar refractivity (Wildman–Crippen MR) is 89.9 cm³/mol. The maximum Gasteiger partial charge on any atom is 0.230 e. The molecule has 0 radical (unpaired) electrons. The van der Waals surface area contributed by atoms with Crippen molar-refractivity contribution in [1.29, 1.82) is 0 Å². The van der Waals surface area contributed by atoms with E-state index in [0.717, 1.165) is 55.8 Å². The fourth-order valence-electron chi connectivity index (χ4n) is 3.19. The minimum atomic E-state index is -0.335. The second-order valence-corrected chi connectivity index (χ2v) is 6.35. The molecular formula is C17H25ClN2O2. The molecule has 1 saturated heterocycles. The first-order valence-electron chi connectivity index (χ1n) is 7.80. The largest absolute Gasteiger partial charge is 0.496 e. The standard InChI is InChI=1S/C17H24N2O2.ClH/c1-12-4-5-14(8-15(12)21-2)17(6-3-7-17)16(20)19-11-13-9-18-10-13;/h4-5,8,13,18H,3,6-7,9-11H2,1-2H3,(H,19,20);1H. The average molecular weight is 325 g/mol. The van der Waals surface area contributed by atoms with E-state index in [-0.39, 0.29) is 23.7 Å². The van der Waals surface area contributed by atoms with Gasteiger partial charge in [-0.25, -0.2) is 0 Å². The van der Waals surface area contributed by atoms with Gasteiger partial charge in [0.1, 0.15) is 5.75 Å². The zero-order valence-electron chi connectivity index (χ0n) is 13.3. The van der Waals surface area contributed by atoms with Crippen LogP contribution in [-0.4, -0.2) is 32.7 Å². The summed E-state index contributed by atoms with van der Waals surface area (Å²) in [7, 11) is 1.68. The Balaban J connectivity index is 0.00000176. The van der Waals surface area contributed by atoms with Crippen molar-refractivity contribution in [3.63, 3.8) is 0 Å². The van der Waals surface area contributed by atoms with E-state index in [1.54, 1.807) is 7.11 Å². The van der Waals surface area contributed by atoms with Gasteiger partial charge >= 0.3 is 0 Å². The zero-order valence-corrected chi connectivity index (χ0v) is 14.1. The van der Waals surface area contributed by atoms with Crippen molar-refractivity contribution in [2.45, 2.75) is 31.6 Å². The Morgan fingerprint density at radius 3 is 2.64 bits per heavy atom. The molecule has 5 heteroatoms. The van der Waals surface area contributed by atoms with Crippen molar-refractivity contribution in [3.8, 4) is 5.75 Å². The molecule has 1 aromatic carbocycles. The summed E-state index contributed by atoms with van der Waals surface area (Å²) in [5.74, 6) is 1.65. The SMILES string of the molecule is COc1cc(C2(C(=O)NCC3CNC3)CCC2)ccc1C.Cl. The Morgan fingerprint density at radius 1 is 1.41 bits per heavy atom. The maximum absolute atomic E-state index is 12.7. The lowest BCUT2D eigenvalue weighted by atomic mass is 9.63. The number of nitrogens with one attached hydrogen (secondary N) is 2. The van der Waals surface area contributed by atoms with E-state index in [1.165, 1.54) is 0 Å². The fourth-order valence-corrected chi connectivity index (χ4v) is 3.19. The fraction of sp³-hybridized carbons (Fsp3) is 0.588. The van der Waals surface area contributed by atoms with Crippen LogP contribution in [0.15, 0.2) is 18.2 Å². The van der Waals surface area contributed by atoms with Crippen LogP contribution in [0.4, 0.5) is 0 Å². The Labute approximate surface area is 138 Å². The van der Waals surface area contributed by atoms with Crippen LogP contribution in [-0.2, 0) is 10.2 Å². The molecule has 0 aromatic heterocycles. The number of ether oxygens (including phenoxy) is 1. The van der Waals surface area contributed by atoms with Gasteiger partial charge in [0, 0.05) is 25.6 Å². The monoisotopic (exact) mass is 324 g/mol. The Kier molecular flexibility index (Phi) is 5.35. The Hall–Kier alpha value is -1.26. The molecule has 1 amide bonds. The number of carbonyl (C=O) groups excluding carboxylic acids is 1. The van der Waals surface area contributed by atoms with Gasteiger partial charge in [0.25, 0.3) is 0 Å². The van der Waals surface area contributed by atoms with Crippen molar-refractivity contribution in [2.75, 3.05) is 26.7 Å². The number of rotatable bonds is 5. The highest BCUT2D eigenvalue weighted by atomic mass is 35.5. The summed E-state index contributed by atoms with van der Waals surface area (Å²) in [5.41, 5.74) is 1.87. The number of methoxy groups -OCH3 is 1. The summed E-state index contributed by atoms with van der Waals surface area (Å²) >= 11 is 0. The van der Waals surface area contributed by atoms with E-state index in [0.29, 0.717) is 5.92 Å². The summed E-state index contributed by atoms with van der Waals surface area (Å²) in [6, 6.07) is 6.18. The molecular weight excluding hydrogens is 300 g/mol. The number of benzene rings is 1. The molecule has 1 aromatic rings. The molecule has 2 N–H and O–H groups in total. The van der Waals surface area contributed by atoms with E-state index in [9.17, 15) is 4.79 Å². The number of halogens is 1. The molecule has 3 rings (SSSR count). The van der Waals surface area contributed by atoms with Gasteiger partial charge < -0.3 is 15.4 Å². The lowest BCUT2D eigenvalue weighted by molar-refractivity contribution is -0.130. The second-order valence-electron chi connectivity index (χ2n) is 6.35. The van der Waals surface area contributed by atoms with Crippen molar-refractivity contribution < 1.29 is 9.53 Å². The van der Waals surface area contributed by atoms with Crippen LogP contribution in [0, 0.1) is 12.8 Å². The number of carbonyl (C=O) groups is 1. The number of hydrogen-bond acceptors (Lipinski definition) is 3. The first-order chi connectivity index (χ1) is 10.2. The number of aryl methyl sites for hydroxylation is 1. The van der Waals surface area contributed by atoms with E-state index >= 15 is 0 Å². The zero-order chi connectivity index (χ0) is 14.9. The molecule has 0 atom stereocenters. The maximum atomic E-state index is 12.7. The molecule has 1 saturated carbocycles. The second kappa shape index (κ2) is 6.88. The molecule has 1 aliphatic heterocycles. The first kappa shape index (κ1) is 17.1. The third-order valence-corrected chi connectivity index (χ3v) is 5.02. The highest BCUT2D eigenvalue weighted by Gasteiger charge is 2.45. The summed E-state index contributed by atoms with van der Waals surface area (Å²) in [4.78, 5) is 12.7. The number of amides is 1. The molecule has 22 heavy (non-hydrogen) atoms. The Bertz CT molecular complexity index is 539. The topological polar surface area (TPSA) is 50.4 Å². The minimum absolute atomic E-state index is 0. The molecule has 1 heterocycles. The van der Waals surface area contributed by atoms with Crippen LogP contribution in [0.3, 0.4) is 0 Å². The van der Waals surface area contributed by atoms with E-state index in [4.69, 9.17) is 4.74 Å². The highest BCUT2D eigenvalue weighted by Crippen LogP contribution is 2.45. The number of hydrogen-bond donors (Lipinski definition) is 2. The quantitative estimate of drug-likeness (QED) is 0.873. The lowest BCUT2D eigenvalue weighted by Gasteiger charge is -2.41. The van der Waals surface area contributed by atoms with Crippen LogP contribution in [0.1, 0.15) is 30.4 Å². The summed E-state index contributed by atoms with van der Waals surface area (Å²) in [6.07, 6.45) is 3.00. The molecule has 0 spiro atoms. The van der Waals surface area contributed by atoms with Gasteiger partial charge in [-0.2, -0.15) is 0 Å². The van der Waals surface area contributed by atoms with Gasteiger partial charge in [0.15, 0.2) is 0 Å². The van der Waals surface area contributed by atoms with Crippen molar-refractivity contribution >= 4 is 18.3 Å². The van der Waals surface area contributed by atoms with Crippen LogP contribution >= 0.6 is 12.4 Å². The van der Waals surface area contributed by atoms with E-state index < -0.39 is 0 Å². The van der Waals surface area contributed by atoms with Crippen molar-refractivity contribution in [2.24, 2.45) is 5.92 Å². The average Bonchev–Trinajstić information content (AvgIpc) is 2.37. The van der Waals surface area contributed by atoms with Crippen molar-refractivity contribution in [3.05, 3.63) is 29.3 Å². The van der Waals surface area contributed by atoms with Crippen LogP contribution in [0.5, 0.6) is 5.75 Å². The first-order valence-corrected chi connectivity index (χ1v) is 7.80. The van der Waals surface area contributed by atoms with Gasteiger partial charge in [-0.3, -0.25) is 4.79 Å². The van der Waals surface area contributed by atoms with E-state index in [1.807, 2.05) is 13.0 Å². The van der Waals surface area contributed by atoms with Gasteiger partial charge in [0.2, 0.25) is 5.91 Å². The third-order valence-electron chi connectivity index (χ3n) is 5.02.